The van der Waals surface area contributed by atoms with Crippen LogP contribution in [0.1, 0.15) is 24.1 Å². The van der Waals surface area contributed by atoms with Crippen molar-refractivity contribution in [2.45, 2.75) is 19.6 Å². The zero-order valence-corrected chi connectivity index (χ0v) is 16.5. The van der Waals surface area contributed by atoms with E-state index in [2.05, 4.69) is 10.6 Å². The third kappa shape index (κ3) is 3.63. The summed E-state index contributed by atoms with van der Waals surface area (Å²) in [4.78, 5) is 12.9. The maximum Gasteiger partial charge on any atom is 0.338 e. The molecule has 28 heavy (non-hydrogen) atoms. The molecule has 0 amide bonds. The number of ether oxygens (including phenoxy) is 3. The molecule has 0 bridgehead atoms. The predicted molar refractivity (Wildman–Crippen MR) is 108 cm³/mol. The van der Waals surface area contributed by atoms with Gasteiger partial charge in [-0.1, -0.05) is 41.9 Å². The molecule has 2 aromatic rings. The van der Waals surface area contributed by atoms with E-state index in [1.54, 1.807) is 19.1 Å². The highest BCUT2D eigenvalue weighted by Gasteiger charge is 2.33. The van der Waals surface area contributed by atoms with E-state index in [0.29, 0.717) is 38.5 Å². The highest BCUT2D eigenvalue weighted by Crippen LogP contribution is 2.41. The van der Waals surface area contributed by atoms with Crippen LogP contribution in [-0.4, -0.2) is 17.9 Å². The van der Waals surface area contributed by atoms with Crippen molar-refractivity contribution < 1.29 is 19.0 Å². The van der Waals surface area contributed by atoms with Gasteiger partial charge in [0.1, 0.15) is 6.61 Å². The highest BCUT2D eigenvalue weighted by atomic mass is 35.5. The number of esters is 1. The van der Waals surface area contributed by atoms with Crippen molar-refractivity contribution in [1.29, 1.82) is 0 Å². The van der Waals surface area contributed by atoms with Crippen LogP contribution in [-0.2, 0) is 16.1 Å². The molecule has 6 nitrogen and oxygen atoms in total. The number of carbonyl (C=O) groups is 1. The van der Waals surface area contributed by atoms with Gasteiger partial charge in [-0.3, -0.25) is 0 Å². The van der Waals surface area contributed by atoms with Crippen molar-refractivity contribution in [1.82, 2.24) is 10.6 Å². The van der Waals surface area contributed by atoms with Gasteiger partial charge in [-0.05, 0) is 30.8 Å². The van der Waals surface area contributed by atoms with E-state index in [4.69, 9.17) is 38.0 Å². The van der Waals surface area contributed by atoms with Crippen molar-refractivity contribution >= 4 is 34.9 Å². The molecular weight excluding hydrogens is 400 g/mol. The first-order chi connectivity index (χ1) is 13.5. The van der Waals surface area contributed by atoms with Crippen molar-refractivity contribution in [2.24, 2.45) is 0 Å². The van der Waals surface area contributed by atoms with Gasteiger partial charge in [-0.2, -0.15) is 0 Å². The summed E-state index contributed by atoms with van der Waals surface area (Å²) in [7, 11) is 0. The fourth-order valence-electron chi connectivity index (χ4n) is 3.15. The van der Waals surface area contributed by atoms with Gasteiger partial charge in [0.05, 0.1) is 16.6 Å². The van der Waals surface area contributed by atoms with E-state index in [1.807, 2.05) is 30.3 Å². The Labute approximate surface area is 172 Å². The Morgan fingerprint density at radius 3 is 2.71 bits per heavy atom. The normalized spacial score (nSPS) is 17.8. The van der Waals surface area contributed by atoms with Crippen LogP contribution >= 0.6 is 23.8 Å². The maximum atomic E-state index is 12.9. The van der Waals surface area contributed by atoms with Crippen molar-refractivity contribution in [3.05, 3.63) is 69.9 Å². The standard InChI is InChI=1S/C20H17ClN2O4S/c1-11-17(19(24)25-9-12-5-3-2-4-6-12)18(23-20(28)22-11)13-7-15-16(8-14(13)21)27-10-26-15/h2-8,18H,9-10H2,1H3,(H2,22,23,28). The predicted octanol–water partition coefficient (Wildman–Crippen LogP) is 3.60. The lowest BCUT2D eigenvalue weighted by atomic mass is 9.95. The molecule has 0 aromatic heterocycles. The highest BCUT2D eigenvalue weighted by molar-refractivity contribution is 7.80. The minimum Gasteiger partial charge on any atom is -0.457 e. The summed E-state index contributed by atoms with van der Waals surface area (Å²) in [6, 6.07) is 12.4. The van der Waals surface area contributed by atoms with Crippen LogP contribution in [0.15, 0.2) is 53.7 Å². The molecular formula is C20H17ClN2O4S. The summed E-state index contributed by atoms with van der Waals surface area (Å²) in [5.74, 6) is 0.682. The van der Waals surface area contributed by atoms with Crippen LogP contribution in [0.5, 0.6) is 11.5 Å². The number of halogens is 1. The second-order valence-electron chi connectivity index (χ2n) is 6.36. The Morgan fingerprint density at radius 1 is 1.25 bits per heavy atom. The lowest BCUT2D eigenvalue weighted by Gasteiger charge is -2.30. The largest absolute Gasteiger partial charge is 0.457 e. The molecule has 0 spiro atoms. The Morgan fingerprint density at radius 2 is 1.96 bits per heavy atom. The van der Waals surface area contributed by atoms with Gasteiger partial charge in [0.25, 0.3) is 0 Å². The topological polar surface area (TPSA) is 68.8 Å². The molecule has 0 aliphatic carbocycles. The lowest BCUT2D eigenvalue weighted by Crippen LogP contribution is -2.45. The molecule has 2 aliphatic heterocycles. The molecule has 0 radical (unpaired) electrons. The third-order valence-electron chi connectivity index (χ3n) is 4.50. The van der Waals surface area contributed by atoms with Gasteiger partial charge >= 0.3 is 5.97 Å². The van der Waals surface area contributed by atoms with E-state index >= 15 is 0 Å². The van der Waals surface area contributed by atoms with E-state index in [-0.39, 0.29) is 13.4 Å². The Balaban J connectivity index is 1.64. The van der Waals surface area contributed by atoms with E-state index < -0.39 is 12.0 Å². The van der Waals surface area contributed by atoms with Crippen molar-refractivity contribution in [3.63, 3.8) is 0 Å². The van der Waals surface area contributed by atoms with E-state index in [9.17, 15) is 4.79 Å². The fraction of sp³-hybridized carbons (Fsp3) is 0.200. The molecule has 0 saturated heterocycles. The van der Waals surface area contributed by atoms with Gasteiger partial charge in [-0.25, -0.2) is 4.79 Å². The maximum absolute atomic E-state index is 12.9. The molecule has 4 rings (SSSR count). The summed E-state index contributed by atoms with van der Waals surface area (Å²) in [6.45, 7) is 2.08. The summed E-state index contributed by atoms with van der Waals surface area (Å²) in [5, 5.41) is 6.92. The number of carbonyl (C=O) groups excluding carboxylic acids is 1. The number of rotatable bonds is 4. The Hall–Kier alpha value is -2.77. The van der Waals surface area contributed by atoms with Crippen LogP contribution in [0, 0.1) is 0 Å². The monoisotopic (exact) mass is 416 g/mol. The molecule has 8 heteroatoms. The number of hydrogen-bond donors (Lipinski definition) is 2. The van der Waals surface area contributed by atoms with E-state index in [1.165, 1.54) is 0 Å². The quantitative estimate of drug-likeness (QED) is 0.583. The molecule has 0 fully saturated rings. The van der Waals surface area contributed by atoms with Crippen molar-refractivity contribution in [2.75, 3.05) is 6.79 Å². The number of thiocarbonyl (C=S) groups is 1. The zero-order chi connectivity index (χ0) is 19.7. The first-order valence-corrected chi connectivity index (χ1v) is 9.40. The van der Waals surface area contributed by atoms with Gasteiger partial charge in [0.2, 0.25) is 6.79 Å². The molecule has 144 valence electrons. The number of fused-ring (bicyclic) bond motifs is 1. The first-order valence-electron chi connectivity index (χ1n) is 8.61. The molecule has 2 N–H and O–H groups in total. The average molecular weight is 417 g/mol. The van der Waals surface area contributed by atoms with Gasteiger partial charge in [0.15, 0.2) is 16.6 Å². The Kier molecular flexibility index (Phi) is 5.11. The van der Waals surface area contributed by atoms with Gasteiger partial charge in [-0.15, -0.1) is 0 Å². The SMILES string of the molecule is CC1=C(C(=O)OCc2ccccc2)C(c2cc3c(cc2Cl)OCO3)NC(=S)N1. The smallest absolute Gasteiger partial charge is 0.338 e. The van der Waals surface area contributed by atoms with Crippen LogP contribution < -0.4 is 20.1 Å². The molecule has 0 saturated carbocycles. The summed E-state index contributed by atoms with van der Waals surface area (Å²) < 4.78 is 16.3. The van der Waals surface area contributed by atoms with Crippen LogP contribution in [0.3, 0.4) is 0 Å². The molecule has 2 heterocycles. The van der Waals surface area contributed by atoms with Gasteiger partial charge in [0, 0.05) is 17.3 Å². The summed E-state index contributed by atoms with van der Waals surface area (Å²) >= 11 is 11.7. The molecule has 2 aliphatic rings. The van der Waals surface area contributed by atoms with E-state index in [0.717, 1.165) is 5.56 Å². The minimum atomic E-state index is -0.570. The average Bonchev–Trinajstić information content (AvgIpc) is 3.13. The van der Waals surface area contributed by atoms with Crippen LogP contribution in [0.4, 0.5) is 0 Å². The summed E-state index contributed by atoms with van der Waals surface area (Å²) in [6.07, 6.45) is 0. The molecule has 2 aromatic carbocycles. The lowest BCUT2D eigenvalue weighted by molar-refractivity contribution is -0.140. The first kappa shape index (κ1) is 18.6. The number of nitrogens with one attached hydrogen (secondary N) is 2. The van der Waals surface area contributed by atoms with Crippen LogP contribution in [0.25, 0.3) is 0 Å². The van der Waals surface area contributed by atoms with Crippen LogP contribution in [0.2, 0.25) is 5.02 Å². The molecule has 1 unspecified atom stereocenters. The zero-order valence-electron chi connectivity index (χ0n) is 15.0. The number of allylic oxidation sites excluding steroid dienone is 1. The number of hydrogen-bond acceptors (Lipinski definition) is 5. The summed E-state index contributed by atoms with van der Waals surface area (Å²) in [5.41, 5.74) is 2.57. The van der Waals surface area contributed by atoms with Gasteiger partial charge < -0.3 is 24.8 Å². The Bertz CT molecular complexity index is 978. The second kappa shape index (κ2) is 7.69. The minimum absolute atomic E-state index is 0.133. The molecule has 1 atom stereocenters. The fourth-order valence-corrected chi connectivity index (χ4v) is 3.69. The second-order valence-corrected chi connectivity index (χ2v) is 7.17. The third-order valence-corrected chi connectivity index (χ3v) is 5.05. The number of benzene rings is 2. The van der Waals surface area contributed by atoms with Crippen molar-refractivity contribution in [3.8, 4) is 11.5 Å².